The number of hydrogen-bond acceptors (Lipinski definition) is 6. The van der Waals surface area contributed by atoms with E-state index in [0.29, 0.717) is 11.3 Å². The van der Waals surface area contributed by atoms with Crippen LogP contribution in [0.2, 0.25) is 0 Å². The number of benzene rings is 4. The first-order valence-corrected chi connectivity index (χ1v) is 14.5. The van der Waals surface area contributed by atoms with E-state index in [1.807, 2.05) is 54.6 Å². The Morgan fingerprint density at radius 1 is 0.767 bits per heavy atom. The number of nitrogens with one attached hydrogen (secondary N) is 1. The zero-order valence-electron chi connectivity index (χ0n) is 22.9. The number of aromatic carboxylic acids is 1. The molecule has 2 heterocycles. The van der Waals surface area contributed by atoms with Gasteiger partial charge in [-0.3, -0.25) is 9.36 Å². The first kappa shape index (κ1) is 27.7. The number of amides is 1. The standard InChI is InChI=1S/C33H26N6O3S/c40-31(25-16-18-26(19-17-25)32(41)42)34-22-38-20-27(36-37-38)21-43-33-35-29(23-10-4-1-5-11-23)30(24-12-6-2-7-13-24)39(33)28-14-8-3-9-15-28/h1-20H,21-22H2,(H,34,40)(H,41,42). The number of thioether (sulfide) groups is 1. The van der Waals surface area contributed by atoms with Gasteiger partial charge < -0.3 is 10.4 Å². The van der Waals surface area contributed by atoms with Gasteiger partial charge in [-0.15, -0.1) is 5.10 Å². The molecule has 0 aliphatic heterocycles. The maximum Gasteiger partial charge on any atom is 0.335 e. The third-order valence-electron chi connectivity index (χ3n) is 6.69. The Hall–Kier alpha value is -5.48. The van der Waals surface area contributed by atoms with Gasteiger partial charge in [0.2, 0.25) is 0 Å². The number of carbonyl (C=O) groups excluding carboxylic acids is 1. The zero-order valence-corrected chi connectivity index (χ0v) is 23.7. The molecule has 4 aromatic carbocycles. The molecule has 2 aromatic heterocycles. The van der Waals surface area contributed by atoms with Crippen LogP contribution in [-0.4, -0.2) is 41.5 Å². The number of imidazole rings is 1. The molecule has 0 atom stereocenters. The molecule has 0 aliphatic rings. The molecule has 0 unspecified atom stereocenters. The van der Waals surface area contributed by atoms with Crippen LogP contribution in [0.3, 0.4) is 0 Å². The molecule has 0 spiro atoms. The summed E-state index contributed by atoms with van der Waals surface area (Å²) in [4.78, 5) is 28.7. The summed E-state index contributed by atoms with van der Waals surface area (Å²) in [6, 6.07) is 36.3. The van der Waals surface area contributed by atoms with Crippen molar-refractivity contribution in [2.45, 2.75) is 17.6 Å². The van der Waals surface area contributed by atoms with Gasteiger partial charge in [-0.1, -0.05) is 95.8 Å². The lowest BCUT2D eigenvalue weighted by Gasteiger charge is -2.13. The second-order valence-electron chi connectivity index (χ2n) is 9.58. The molecule has 6 rings (SSSR count). The zero-order chi connectivity index (χ0) is 29.6. The van der Waals surface area contributed by atoms with Crippen molar-refractivity contribution in [2.24, 2.45) is 0 Å². The maximum absolute atomic E-state index is 12.5. The highest BCUT2D eigenvalue weighted by Gasteiger charge is 2.22. The number of carbonyl (C=O) groups is 2. The highest BCUT2D eigenvalue weighted by atomic mass is 32.2. The summed E-state index contributed by atoms with van der Waals surface area (Å²) in [5, 5.41) is 21.1. The van der Waals surface area contributed by atoms with Gasteiger partial charge in [0.1, 0.15) is 6.67 Å². The molecule has 43 heavy (non-hydrogen) atoms. The van der Waals surface area contributed by atoms with Crippen molar-refractivity contribution in [3.8, 4) is 28.2 Å². The number of nitrogens with zero attached hydrogens (tertiary/aromatic N) is 5. The maximum atomic E-state index is 12.5. The predicted octanol–water partition coefficient (Wildman–Crippen LogP) is 6.18. The van der Waals surface area contributed by atoms with Crippen LogP contribution in [-0.2, 0) is 12.4 Å². The van der Waals surface area contributed by atoms with Crippen molar-refractivity contribution < 1.29 is 14.7 Å². The summed E-state index contributed by atoms with van der Waals surface area (Å²) < 4.78 is 3.73. The fraction of sp³-hybridized carbons (Fsp3) is 0.0606. The molecular weight excluding hydrogens is 560 g/mol. The van der Waals surface area contributed by atoms with Gasteiger partial charge in [0.15, 0.2) is 5.16 Å². The molecule has 0 fully saturated rings. The second kappa shape index (κ2) is 12.6. The number of hydrogen-bond donors (Lipinski definition) is 2. The Morgan fingerprint density at radius 2 is 1.37 bits per heavy atom. The van der Waals surface area contributed by atoms with Crippen LogP contribution in [0.25, 0.3) is 28.2 Å². The van der Waals surface area contributed by atoms with Gasteiger partial charge in [-0.25, -0.2) is 14.5 Å². The highest BCUT2D eigenvalue weighted by molar-refractivity contribution is 7.98. The predicted molar refractivity (Wildman–Crippen MR) is 165 cm³/mol. The number of carboxylic acid groups (broad SMARTS) is 1. The molecule has 0 saturated carbocycles. The van der Waals surface area contributed by atoms with Gasteiger partial charge in [0.25, 0.3) is 5.91 Å². The van der Waals surface area contributed by atoms with E-state index in [0.717, 1.165) is 39.1 Å². The summed E-state index contributed by atoms with van der Waals surface area (Å²) in [6.45, 7) is 0.117. The van der Waals surface area contributed by atoms with E-state index in [-0.39, 0.29) is 18.1 Å². The molecule has 10 heteroatoms. The van der Waals surface area contributed by atoms with Gasteiger partial charge in [0, 0.05) is 28.1 Å². The molecule has 0 radical (unpaired) electrons. The Kier molecular flexibility index (Phi) is 8.10. The minimum absolute atomic E-state index is 0.117. The van der Waals surface area contributed by atoms with Crippen LogP contribution in [0, 0.1) is 0 Å². The van der Waals surface area contributed by atoms with E-state index in [2.05, 4.69) is 56.6 Å². The van der Waals surface area contributed by atoms with Crippen LogP contribution in [0.4, 0.5) is 0 Å². The topological polar surface area (TPSA) is 115 Å². The highest BCUT2D eigenvalue weighted by Crippen LogP contribution is 2.38. The van der Waals surface area contributed by atoms with Crippen molar-refractivity contribution in [3.05, 3.63) is 138 Å². The molecule has 6 aromatic rings. The fourth-order valence-electron chi connectivity index (χ4n) is 4.61. The third kappa shape index (κ3) is 6.24. The lowest BCUT2D eigenvalue weighted by molar-refractivity contribution is 0.0696. The average molecular weight is 587 g/mol. The number of carboxylic acids is 1. The van der Waals surface area contributed by atoms with Gasteiger partial charge >= 0.3 is 5.97 Å². The monoisotopic (exact) mass is 586 g/mol. The van der Waals surface area contributed by atoms with Crippen LogP contribution in [0.1, 0.15) is 26.4 Å². The minimum Gasteiger partial charge on any atom is -0.478 e. The SMILES string of the molecule is O=C(O)c1ccc(C(=O)NCn2cc(CSc3nc(-c4ccccc4)c(-c4ccccc4)n3-c3ccccc3)nn2)cc1. The molecule has 0 bridgehead atoms. The minimum atomic E-state index is -1.04. The fourth-order valence-corrected chi connectivity index (χ4v) is 5.50. The van der Waals surface area contributed by atoms with E-state index < -0.39 is 5.97 Å². The Bertz CT molecular complexity index is 1850. The first-order valence-electron chi connectivity index (χ1n) is 13.5. The van der Waals surface area contributed by atoms with Crippen molar-refractivity contribution >= 4 is 23.6 Å². The Morgan fingerprint density at radius 3 is 2.02 bits per heavy atom. The molecule has 212 valence electrons. The largest absolute Gasteiger partial charge is 0.478 e. The first-order chi connectivity index (χ1) is 21.1. The van der Waals surface area contributed by atoms with Crippen molar-refractivity contribution in [3.63, 3.8) is 0 Å². The van der Waals surface area contributed by atoms with Crippen LogP contribution in [0.5, 0.6) is 0 Å². The third-order valence-corrected chi connectivity index (χ3v) is 7.66. The lowest BCUT2D eigenvalue weighted by Crippen LogP contribution is -2.26. The summed E-state index contributed by atoms with van der Waals surface area (Å²) in [5.41, 5.74) is 6.19. The summed E-state index contributed by atoms with van der Waals surface area (Å²) in [7, 11) is 0. The number of aromatic nitrogens is 5. The van der Waals surface area contributed by atoms with Crippen molar-refractivity contribution in [2.75, 3.05) is 0 Å². The van der Waals surface area contributed by atoms with Crippen LogP contribution >= 0.6 is 11.8 Å². The van der Waals surface area contributed by atoms with Gasteiger partial charge in [-0.05, 0) is 36.4 Å². The van der Waals surface area contributed by atoms with Crippen LogP contribution < -0.4 is 5.32 Å². The quantitative estimate of drug-likeness (QED) is 0.184. The molecule has 1 amide bonds. The summed E-state index contributed by atoms with van der Waals surface area (Å²) in [5.74, 6) is -0.870. The molecular formula is C33H26N6O3S. The van der Waals surface area contributed by atoms with Crippen molar-refractivity contribution in [1.82, 2.24) is 29.9 Å². The van der Waals surface area contributed by atoms with E-state index in [4.69, 9.17) is 10.1 Å². The lowest BCUT2D eigenvalue weighted by atomic mass is 10.0. The summed E-state index contributed by atoms with van der Waals surface area (Å²) in [6.07, 6.45) is 1.78. The molecule has 2 N–H and O–H groups in total. The Labute approximate surface area is 251 Å². The van der Waals surface area contributed by atoms with Gasteiger partial charge in [0.05, 0.1) is 28.8 Å². The second-order valence-corrected chi connectivity index (χ2v) is 10.5. The Balaban J connectivity index is 1.24. The average Bonchev–Trinajstić information content (AvgIpc) is 3.68. The van der Waals surface area contributed by atoms with E-state index in [1.54, 1.807) is 22.6 Å². The van der Waals surface area contributed by atoms with Gasteiger partial charge in [-0.2, -0.15) is 0 Å². The molecule has 0 aliphatic carbocycles. The van der Waals surface area contributed by atoms with Crippen molar-refractivity contribution in [1.29, 1.82) is 0 Å². The smallest absolute Gasteiger partial charge is 0.335 e. The number of rotatable bonds is 10. The normalized spacial score (nSPS) is 10.9. The molecule has 9 nitrogen and oxygen atoms in total. The summed E-state index contributed by atoms with van der Waals surface area (Å²) >= 11 is 1.56. The number of para-hydroxylation sites is 1. The van der Waals surface area contributed by atoms with Crippen LogP contribution in [0.15, 0.2) is 127 Å². The van der Waals surface area contributed by atoms with E-state index in [9.17, 15) is 9.59 Å². The van der Waals surface area contributed by atoms with E-state index >= 15 is 0 Å². The molecule has 0 saturated heterocycles. The van der Waals surface area contributed by atoms with E-state index in [1.165, 1.54) is 24.3 Å².